The fourth-order valence-corrected chi connectivity index (χ4v) is 1.95. The minimum absolute atomic E-state index is 0.00332. The molecule has 0 fully saturated rings. The number of aliphatic hydroxyl groups excluding tert-OH is 2. The lowest BCUT2D eigenvalue weighted by Gasteiger charge is -2.28. The summed E-state index contributed by atoms with van der Waals surface area (Å²) in [6.07, 6.45) is -1.75. The van der Waals surface area contributed by atoms with E-state index < -0.39 is 29.9 Å². The van der Waals surface area contributed by atoms with Crippen molar-refractivity contribution >= 4 is 0 Å². The van der Waals surface area contributed by atoms with Crippen LogP contribution in [0.15, 0.2) is 18.2 Å². The van der Waals surface area contributed by atoms with Gasteiger partial charge in [-0.1, -0.05) is 13.8 Å². The zero-order chi connectivity index (χ0) is 14.6. The Balaban J connectivity index is 2.92. The van der Waals surface area contributed by atoms with Gasteiger partial charge in [0.15, 0.2) is 0 Å². The molecule has 3 atom stereocenters. The Kier molecular flexibility index (Phi) is 5.85. The SMILES string of the molecule is CC(O)CNC(C(C)C)C(O)c1cc(F)ccc1F. The summed E-state index contributed by atoms with van der Waals surface area (Å²) in [6, 6.07) is 2.55. The molecule has 1 aromatic rings. The van der Waals surface area contributed by atoms with Gasteiger partial charge in [0, 0.05) is 18.2 Å². The molecule has 1 aromatic carbocycles. The number of nitrogens with one attached hydrogen (secondary N) is 1. The summed E-state index contributed by atoms with van der Waals surface area (Å²) in [7, 11) is 0. The quantitative estimate of drug-likeness (QED) is 0.743. The number of hydrogen-bond donors (Lipinski definition) is 3. The van der Waals surface area contributed by atoms with E-state index in [9.17, 15) is 19.0 Å². The number of aliphatic hydroxyl groups is 2. The molecule has 0 spiro atoms. The summed E-state index contributed by atoms with van der Waals surface area (Å²) in [5, 5.41) is 22.4. The van der Waals surface area contributed by atoms with Crippen molar-refractivity contribution < 1.29 is 19.0 Å². The summed E-state index contributed by atoms with van der Waals surface area (Å²) >= 11 is 0. The van der Waals surface area contributed by atoms with Crippen LogP contribution in [0.3, 0.4) is 0 Å². The second-order valence-corrected chi connectivity index (χ2v) is 5.14. The maximum absolute atomic E-state index is 13.6. The third-order valence-corrected chi connectivity index (χ3v) is 2.98. The topological polar surface area (TPSA) is 52.5 Å². The second kappa shape index (κ2) is 6.93. The third-order valence-electron chi connectivity index (χ3n) is 2.98. The fraction of sp³-hybridized carbons (Fsp3) is 0.571. The van der Waals surface area contributed by atoms with Gasteiger partial charge >= 0.3 is 0 Å². The first-order chi connectivity index (χ1) is 8.82. The molecule has 0 heterocycles. The monoisotopic (exact) mass is 273 g/mol. The molecule has 0 aliphatic rings. The van der Waals surface area contributed by atoms with E-state index in [2.05, 4.69) is 5.32 Å². The molecule has 0 saturated heterocycles. The van der Waals surface area contributed by atoms with Gasteiger partial charge in [0.2, 0.25) is 0 Å². The Hall–Kier alpha value is -1.04. The average molecular weight is 273 g/mol. The molecule has 3 unspecified atom stereocenters. The first-order valence-corrected chi connectivity index (χ1v) is 6.37. The zero-order valence-electron chi connectivity index (χ0n) is 11.4. The van der Waals surface area contributed by atoms with Crippen LogP contribution in [0.25, 0.3) is 0 Å². The van der Waals surface area contributed by atoms with E-state index >= 15 is 0 Å². The van der Waals surface area contributed by atoms with Crippen LogP contribution in [0.1, 0.15) is 32.4 Å². The van der Waals surface area contributed by atoms with E-state index in [1.54, 1.807) is 6.92 Å². The molecule has 0 aliphatic heterocycles. The Morgan fingerprint density at radius 1 is 1.16 bits per heavy atom. The summed E-state index contributed by atoms with van der Waals surface area (Å²) in [5.74, 6) is -1.23. The van der Waals surface area contributed by atoms with Crippen molar-refractivity contribution in [2.24, 2.45) is 5.92 Å². The first kappa shape index (κ1) is 16.0. The molecule has 3 N–H and O–H groups in total. The van der Waals surface area contributed by atoms with Crippen LogP contribution in [0.5, 0.6) is 0 Å². The Bertz CT molecular complexity index is 410. The van der Waals surface area contributed by atoms with Crippen LogP contribution in [0.2, 0.25) is 0 Å². The summed E-state index contributed by atoms with van der Waals surface area (Å²) in [4.78, 5) is 0. The Labute approximate surface area is 112 Å². The average Bonchev–Trinajstić information content (AvgIpc) is 2.31. The van der Waals surface area contributed by atoms with Crippen LogP contribution >= 0.6 is 0 Å². The molecule has 3 nitrogen and oxygen atoms in total. The van der Waals surface area contributed by atoms with E-state index in [1.807, 2.05) is 13.8 Å². The highest BCUT2D eigenvalue weighted by atomic mass is 19.1. The summed E-state index contributed by atoms with van der Waals surface area (Å²) in [6.45, 7) is 5.61. The van der Waals surface area contributed by atoms with E-state index in [4.69, 9.17) is 0 Å². The standard InChI is InChI=1S/C14H21F2NO2/c1-8(2)13(17-7-9(3)18)14(19)11-6-10(15)4-5-12(11)16/h4-6,8-9,13-14,17-19H,7H2,1-3H3. The van der Waals surface area contributed by atoms with Crippen molar-refractivity contribution in [1.29, 1.82) is 0 Å². The van der Waals surface area contributed by atoms with Gasteiger partial charge in [-0.2, -0.15) is 0 Å². The lowest BCUT2D eigenvalue weighted by atomic mass is 9.93. The van der Waals surface area contributed by atoms with Crippen LogP contribution in [-0.4, -0.2) is 28.9 Å². The van der Waals surface area contributed by atoms with Crippen molar-refractivity contribution in [2.75, 3.05) is 6.54 Å². The predicted molar refractivity (Wildman–Crippen MR) is 69.6 cm³/mol. The minimum atomic E-state index is -1.17. The van der Waals surface area contributed by atoms with Crippen molar-refractivity contribution in [3.63, 3.8) is 0 Å². The molecule has 0 aliphatic carbocycles. The molecule has 0 aromatic heterocycles. The van der Waals surface area contributed by atoms with E-state index in [0.717, 1.165) is 18.2 Å². The van der Waals surface area contributed by atoms with Gasteiger partial charge in [0.1, 0.15) is 11.6 Å². The predicted octanol–water partition coefficient (Wildman–Crippen LogP) is 1.99. The maximum Gasteiger partial charge on any atom is 0.129 e. The summed E-state index contributed by atoms with van der Waals surface area (Å²) in [5.41, 5.74) is -0.0724. The molecule has 0 amide bonds. The van der Waals surface area contributed by atoms with E-state index in [-0.39, 0.29) is 18.0 Å². The molecule has 5 heteroatoms. The molecule has 0 saturated carbocycles. The molecule has 0 radical (unpaired) electrons. The molecule has 19 heavy (non-hydrogen) atoms. The van der Waals surface area contributed by atoms with E-state index in [1.165, 1.54) is 0 Å². The van der Waals surface area contributed by atoms with Gasteiger partial charge < -0.3 is 15.5 Å². The van der Waals surface area contributed by atoms with Crippen LogP contribution < -0.4 is 5.32 Å². The lowest BCUT2D eigenvalue weighted by Crippen LogP contribution is -2.42. The minimum Gasteiger partial charge on any atom is -0.392 e. The van der Waals surface area contributed by atoms with Gasteiger partial charge in [-0.3, -0.25) is 0 Å². The molecule has 108 valence electrons. The van der Waals surface area contributed by atoms with Gasteiger partial charge in [-0.05, 0) is 31.0 Å². The second-order valence-electron chi connectivity index (χ2n) is 5.14. The van der Waals surface area contributed by atoms with Gasteiger partial charge in [0.05, 0.1) is 12.2 Å². The van der Waals surface area contributed by atoms with Crippen molar-refractivity contribution in [1.82, 2.24) is 5.32 Å². The number of benzene rings is 1. The lowest BCUT2D eigenvalue weighted by molar-refractivity contribution is 0.0900. The van der Waals surface area contributed by atoms with Gasteiger partial charge in [0.25, 0.3) is 0 Å². The van der Waals surface area contributed by atoms with Gasteiger partial charge in [-0.25, -0.2) is 8.78 Å². The highest BCUT2D eigenvalue weighted by Gasteiger charge is 2.26. The fourth-order valence-electron chi connectivity index (χ4n) is 1.95. The smallest absolute Gasteiger partial charge is 0.129 e. The van der Waals surface area contributed by atoms with Crippen LogP contribution in [0.4, 0.5) is 8.78 Å². The number of rotatable bonds is 6. The molecular weight excluding hydrogens is 252 g/mol. The Morgan fingerprint density at radius 3 is 2.32 bits per heavy atom. The number of hydrogen-bond acceptors (Lipinski definition) is 3. The van der Waals surface area contributed by atoms with Crippen molar-refractivity contribution in [2.45, 2.75) is 39.0 Å². The number of halogens is 2. The molecule has 1 rings (SSSR count). The molecule has 0 bridgehead atoms. The third kappa shape index (κ3) is 4.53. The van der Waals surface area contributed by atoms with Crippen LogP contribution in [0, 0.1) is 17.6 Å². The Morgan fingerprint density at radius 2 is 1.79 bits per heavy atom. The highest BCUT2D eigenvalue weighted by Crippen LogP contribution is 2.25. The van der Waals surface area contributed by atoms with Crippen molar-refractivity contribution in [3.05, 3.63) is 35.4 Å². The zero-order valence-corrected chi connectivity index (χ0v) is 11.4. The highest BCUT2D eigenvalue weighted by molar-refractivity contribution is 5.22. The summed E-state index contributed by atoms with van der Waals surface area (Å²) < 4.78 is 26.8. The molecular formula is C14H21F2NO2. The first-order valence-electron chi connectivity index (χ1n) is 6.37. The van der Waals surface area contributed by atoms with Crippen LogP contribution in [-0.2, 0) is 0 Å². The largest absolute Gasteiger partial charge is 0.392 e. The maximum atomic E-state index is 13.6. The normalized spacial score (nSPS) is 16.4. The van der Waals surface area contributed by atoms with Crippen molar-refractivity contribution in [3.8, 4) is 0 Å². The van der Waals surface area contributed by atoms with E-state index in [0.29, 0.717) is 0 Å². The van der Waals surface area contributed by atoms with Gasteiger partial charge in [-0.15, -0.1) is 0 Å².